The maximum Gasteiger partial charge on any atom is 0.250 e. The molecule has 0 bridgehead atoms. The summed E-state index contributed by atoms with van der Waals surface area (Å²) in [6, 6.07) is 15.1. The van der Waals surface area contributed by atoms with Gasteiger partial charge >= 0.3 is 0 Å². The van der Waals surface area contributed by atoms with Gasteiger partial charge in [0.25, 0.3) is 0 Å². The van der Waals surface area contributed by atoms with Gasteiger partial charge in [-0.2, -0.15) is 0 Å². The Morgan fingerprint density at radius 2 is 1.93 bits per heavy atom. The van der Waals surface area contributed by atoms with Crippen LogP contribution >= 0.6 is 27.5 Å². The molecule has 0 saturated carbocycles. The first kappa shape index (κ1) is 20.3. The fourth-order valence-corrected chi connectivity index (χ4v) is 3.48. The lowest BCUT2D eigenvalue weighted by molar-refractivity contribution is 0.317. The van der Waals surface area contributed by atoms with E-state index in [4.69, 9.17) is 11.6 Å². The van der Waals surface area contributed by atoms with Gasteiger partial charge in [0.15, 0.2) is 0 Å². The number of pyridine rings is 1. The van der Waals surface area contributed by atoms with Crippen LogP contribution in [0.4, 0.5) is 4.39 Å². The lowest BCUT2D eigenvalue weighted by atomic mass is 9.85. The van der Waals surface area contributed by atoms with Crippen molar-refractivity contribution in [3.63, 3.8) is 0 Å². The average molecular weight is 464 g/mol. The van der Waals surface area contributed by atoms with Crippen LogP contribution in [0.5, 0.6) is 0 Å². The molecule has 3 rings (SSSR count). The number of benzene rings is 2. The molecular weight excluding hydrogens is 447 g/mol. The van der Waals surface area contributed by atoms with E-state index in [1.165, 1.54) is 16.7 Å². The Hall–Kier alpha value is -2.44. The van der Waals surface area contributed by atoms with E-state index in [0.29, 0.717) is 21.9 Å². The third-order valence-corrected chi connectivity index (χ3v) is 5.31. The van der Waals surface area contributed by atoms with Crippen LogP contribution in [0.1, 0.15) is 29.0 Å². The molecule has 7 heteroatoms. The zero-order valence-electron chi connectivity index (χ0n) is 14.9. The van der Waals surface area contributed by atoms with E-state index in [2.05, 4.69) is 21.1 Å². The van der Waals surface area contributed by atoms with Crippen molar-refractivity contribution in [2.75, 3.05) is 0 Å². The van der Waals surface area contributed by atoms with Crippen LogP contribution in [0, 0.1) is 5.82 Å². The molecule has 144 valence electrons. The Balaban J connectivity index is 2.06. The maximum atomic E-state index is 14.7. The van der Waals surface area contributed by atoms with Crippen LogP contribution in [-0.2, 0) is 7.05 Å². The summed E-state index contributed by atoms with van der Waals surface area (Å²) < 4.78 is 17.0. The van der Waals surface area contributed by atoms with Gasteiger partial charge in [-0.15, -0.1) is 0 Å². The number of oxime groups is 1. The molecule has 0 aliphatic heterocycles. The first-order valence-corrected chi connectivity index (χ1v) is 9.64. The third-order valence-electron chi connectivity index (χ3n) is 4.55. The predicted molar refractivity (Wildman–Crippen MR) is 112 cm³/mol. The van der Waals surface area contributed by atoms with Gasteiger partial charge in [0.2, 0.25) is 5.56 Å². The summed E-state index contributed by atoms with van der Waals surface area (Å²) in [6.45, 7) is 0. The van der Waals surface area contributed by atoms with Gasteiger partial charge in [0, 0.05) is 46.7 Å². The lowest BCUT2D eigenvalue weighted by Crippen LogP contribution is -2.18. The largest absolute Gasteiger partial charge is 0.411 e. The third kappa shape index (κ3) is 4.51. The Morgan fingerprint density at radius 1 is 1.21 bits per heavy atom. The first-order chi connectivity index (χ1) is 13.4. The van der Waals surface area contributed by atoms with E-state index in [0.717, 1.165) is 10.0 Å². The summed E-state index contributed by atoms with van der Waals surface area (Å²) in [5.41, 5.74) is 2.06. The Kier molecular flexibility index (Phi) is 6.31. The van der Waals surface area contributed by atoms with Crippen molar-refractivity contribution in [1.82, 2.24) is 4.57 Å². The lowest BCUT2D eigenvalue weighted by Gasteiger charge is -2.20. The van der Waals surface area contributed by atoms with Gasteiger partial charge in [-0.05, 0) is 41.5 Å². The predicted octanol–water partition coefficient (Wildman–Crippen LogP) is 5.34. The van der Waals surface area contributed by atoms with Crippen LogP contribution in [-0.4, -0.2) is 15.5 Å². The number of hydrogen-bond donors (Lipinski definition) is 1. The van der Waals surface area contributed by atoms with E-state index in [1.54, 1.807) is 31.4 Å². The topological polar surface area (TPSA) is 54.6 Å². The van der Waals surface area contributed by atoms with Gasteiger partial charge in [-0.3, -0.25) is 4.79 Å². The SMILES string of the molecule is Cn1cc(/C(CC(c2ccc(Br)cc2)c2ccc(Cl)cc2F)=N\O)ccc1=O. The normalized spacial score (nSPS) is 12.8. The van der Waals surface area contributed by atoms with Crippen molar-refractivity contribution in [3.8, 4) is 0 Å². The average Bonchev–Trinajstić information content (AvgIpc) is 2.67. The maximum absolute atomic E-state index is 14.7. The molecular formula is C21H17BrClFN2O2. The van der Waals surface area contributed by atoms with Crippen LogP contribution < -0.4 is 5.56 Å². The highest BCUT2D eigenvalue weighted by atomic mass is 79.9. The highest BCUT2D eigenvalue weighted by Gasteiger charge is 2.22. The summed E-state index contributed by atoms with van der Waals surface area (Å²) in [6.07, 6.45) is 1.82. The molecule has 0 fully saturated rings. The minimum absolute atomic E-state index is 0.172. The molecule has 28 heavy (non-hydrogen) atoms. The van der Waals surface area contributed by atoms with E-state index in [-0.39, 0.29) is 12.0 Å². The Morgan fingerprint density at radius 3 is 2.54 bits per heavy atom. The quantitative estimate of drug-likeness (QED) is 0.315. The van der Waals surface area contributed by atoms with Crippen molar-refractivity contribution in [1.29, 1.82) is 0 Å². The van der Waals surface area contributed by atoms with E-state index in [1.807, 2.05) is 24.3 Å². The molecule has 0 amide bonds. The van der Waals surface area contributed by atoms with Crippen LogP contribution in [0.2, 0.25) is 5.02 Å². The minimum Gasteiger partial charge on any atom is -0.411 e. The Bertz CT molecular complexity index is 1080. The van der Waals surface area contributed by atoms with Gasteiger partial charge in [0.1, 0.15) is 5.82 Å². The molecule has 3 aromatic rings. The summed E-state index contributed by atoms with van der Waals surface area (Å²) in [7, 11) is 1.62. The highest BCUT2D eigenvalue weighted by Crippen LogP contribution is 2.33. The number of rotatable bonds is 5. The van der Waals surface area contributed by atoms with E-state index < -0.39 is 11.7 Å². The van der Waals surface area contributed by atoms with Crippen LogP contribution in [0.15, 0.2) is 75.2 Å². The molecule has 0 saturated heterocycles. The zero-order valence-corrected chi connectivity index (χ0v) is 17.3. The molecule has 0 radical (unpaired) electrons. The molecule has 1 N–H and O–H groups in total. The zero-order chi connectivity index (χ0) is 20.3. The minimum atomic E-state index is -0.432. The summed E-state index contributed by atoms with van der Waals surface area (Å²) in [5, 5.41) is 13.4. The van der Waals surface area contributed by atoms with Crippen molar-refractivity contribution in [2.45, 2.75) is 12.3 Å². The molecule has 4 nitrogen and oxygen atoms in total. The number of aryl methyl sites for hydroxylation is 1. The van der Waals surface area contributed by atoms with Crippen molar-refractivity contribution in [3.05, 3.63) is 103 Å². The second-order valence-electron chi connectivity index (χ2n) is 6.39. The molecule has 1 atom stereocenters. The van der Waals surface area contributed by atoms with Gasteiger partial charge < -0.3 is 9.77 Å². The van der Waals surface area contributed by atoms with Crippen LogP contribution in [0.25, 0.3) is 0 Å². The molecule has 1 heterocycles. The van der Waals surface area contributed by atoms with E-state index in [9.17, 15) is 14.4 Å². The fourth-order valence-electron chi connectivity index (χ4n) is 3.06. The van der Waals surface area contributed by atoms with Crippen LogP contribution in [0.3, 0.4) is 0 Å². The number of nitrogens with zero attached hydrogens (tertiary/aromatic N) is 2. The standard InChI is InChI=1S/C21H17BrClFN2O2/c1-26-12-14(4-9-21(26)27)20(25-28)11-18(13-2-5-15(22)6-3-13)17-8-7-16(23)10-19(17)24/h2-10,12,18,28H,11H2,1H3/b25-20-. The van der Waals surface area contributed by atoms with Gasteiger partial charge in [0.05, 0.1) is 5.71 Å². The monoisotopic (exact) mass is 462 g/mol. The number of hydrogen-bond acceptors (Lipinski definition) is 3. The van der Waals surface area contributed by atoms with E-state index >= 15 is 0 Å². The van der Waals surface area contributed by atoms with Gasteiger partial charge in [-0.25, -0.2) is 4.39 Å². The number of halogens is 3. The van der Waals surface area contributed by atoms with Gasteiger partial charge in [-0.1, -0.05) is 50.9 Å². The number of aromatic nitrogens is 1. The molecule has 0 aliphatic carbocycles. The molecule has 2 aromatic carbocycles. The van der Waals surface area contributed by atoms with Crippen molar-refractivity contribution >= 4 is 33.2 Å². The first-order valence-electron chi connectivity index (χ1n) is 8.47. The summed E-state index contributed by atoms with van der Waals surface area (Å²) in [4.78, 5) is 11.6. The fraction of sp³-hybridized carbons (Fsp3) is 0.143. The molecule has 1 unspecified atom stereocenters. The highest BCUT2D eigenvalue weighted by molar-refractivity contribution is 9.10. The molecule has 1 aromatic heterocycles. The van der Waals surface area contributed by atoms with Crippen molar-refractivity contribution < 1.29 is 9.60 Å². The molecule has 0 spiro atoms. The second-order valence-corrected chi connectivity index (χ2v) is 7.74. The second kappa shape index (κ2) is 8.71. The Labute approximate surface area is 175 Å². The summed E-state index contributed by atoms with van der Waals surface area (Å²) >= 11 is 9.31. The van der Waals surface area contributed by atoms with Crippen molar-refractivity contribution in [2.24, 2.45) is 12.2 Å². The summed E-state index contributed by atoms with van der Waals surface area (Å²) in [5.74, 6) is -0.841. The smallest absolute Gasteiger partial charge is 0.250 e. The molecule has 0 aliphatic rings.